The van der Waals surface area contributed by atoms with E-state index in [9.17, 15) is 23.1 Å². The Balaban J connectivity index is 2.29. The third-order valence-electron chi connectivity index (χ3n) is 2.85. The van der Waals surface area contributed by atoms with Crippen LogP contribution in [0, 0.1) is 6.92 Å². The molecule has 1 heterocycles. The van der Waals surface area contributed by atoms with Crippen molar-refractivity contribution < 1.29 is 23.1 Å². The molecule has 4 nitrogen and oxygen atoms in total. The number of pyridine rings is 1. The highest BCUT2D eigenvalue weighted by Gasteiger charge is 2.32. The number of nitrogens with zero attached hydrogens (tertiary/aromatic N) is 1. The maximum absolute atomic E-state index is 12.8. The quantitative estimate of drug-likeness (QED) is 0.893. The minimum atomic E-state index is -4.50. The molecule has 1 aromatic heterocycles. The topological polar surface area (TPSA) is 62.2 Å². The number of aromatic hydroxyl groups is 1. The van der Waals surface area contributed by atoms with Gasteiger partial charge in [0.05, 0.1) is 17.3 Å². The summed E-state index contributed by atoms with van der Waals surface area (Å²) in [7, 11) is 0. The predicted molar refractivity (Wildman–Crippen MR) is 70.0 cm³/mol. The normalized spacial score (nSPS) is 11.2. The number of aromatic nitrogens is 1. The highest BCUT2D eigenvalue weighted by atomic mass is 19.4. The van der Waals surface area contributed by atoms with Crippen LogP contribution in [0.5, 0.6) is 5.75 Å². The number of carbonyl (C=O) groups is 1. The maximum atomic E-state index is 12.8. The molecular weight excluding hydrogens is 285 g/mol. The molecule has 0 aliphatic rings. The fourth-order valence-corrected chi connectivity index (χ4v) is 1.78. The smallest absolute Gasteiger partial charge is 0.416 e. The summed E-state index contributed by atoms with van der Waals surface area (Å²) in [6.07, 6.45) is -2.13. The molecule has 1 amide bonds. The molecule has 7 heteroatoms. The number of hydrogen-bond donors (Lipinski definition) is 2. The van der Waals surface area contributed by atoms with E-state index in [1.54, 1.807) is 0 Å². The molecule has 0 fully saturated rings. The van der Waals surface area contributed by atoms with Crippen molar-refractivity contribution in [1.82, 2.24) is 4.98 Å². The van der Waals surface area contributed by atoms with Crippen molar-refractivity contribution in [2.24, 2.45) is 0 Å². The molecule has 0 atom stereocenters. The highest BCUT2D eigenvalue weighted by Crippen LogP contribution is 2.33. The molecule has 21 heavy (non-hydrogen) atoms. The maximum Gasteiger partial charge on any atom is 0.416 e. The lowest BCUT2D eigenvalue weighted by Crippen LogP contribution is -2.14. The van der Waals surface area contributed by atoms with Crippen LogP contribution in [0.25, 0.3) is 0 Å². The highest BCUT2D eigenvalue weighted by molar-refractivity contribution is 6.06. The van der Waals surface area contributed by atoms with Crippen LogP contribution in [-0.2, 0) is 6.18 Å². The second-order valence-electron chi connectivity index (χ2n) is 4.37. The van der Waals surface area contributed by atoms with Crippen molar-refractivity contribution in [2.75, 3.05) is 5.32 Å². The van der Waals surface area contributed by atoms with E-state index in [2.05, 4.69) is 10.3 Å². The van der Waals surface area contributed by atoms with Crippen LogP contribution in [0.15, 0.2) is 36.7 Å². The van der Waals surface area contributed by atoms with Crippen molar-refractivity contribution in [2.45, 2.75) is 13.1 Å². The van der Waals surface area contributed by atoms with Crippen molar-refractivity contribution in [3.63, 3.8) is 0 Å². The summed E-state index contributed by atoms with van der Waals surface area (Å²) in [5, 5.41) is 11.8. The third kappa shape index (κ3) is 3.31. The molecule has 2 rings (SSSR count). The monoisotopic (exact) mass is 296 g/mol. The van der Waals surface area contributed by atoms with Crippen LogP contribution >= 0.6 is 0 Å². The number of aryl methyl sites for hydroxylation is 1. The lowest BCUT2D eigenvalue weighted by Gasteiger charge is -2.13. The van der Waals surface area contributed by atoms with E-state index in [0.29, 0.717) is 0 Å². The Bertz CT molecular complexity index is 684. The zero-order valence-corrected chi connectivity index (χ0v) is 10.9. The minimum Gasteiger partial charge on any atom is -0.505 e. The standard InChI is InChI=1S/C14H11F3N2O2/c1-8-2-3-9(6-11(8)14(15,16)17)19-13(21)10-4-5-18-7-12(10)20/h2-7,20H,1H3,(H,19,21). The van der Waals surface area contributed by atoms with Gasteiger partial charge in [-0.15, -0.1) is 0 Å². The summed E-state index contributed by atoms with van der Waals surface area (Å²) in [5.74, 6) is -1.06. The number of anilines is 1. The lowest BCUT2D eigenvalue weighted by molar-refractivity contribution is -0.138. The fourth-order valence-electron chi connectivity index (χ4n) is 1.78. The van der Waals surface area contributed by atoms with Gasteiger partial charge in [0.15, 0.2) is 0 Å². The summed E-state index contributed by atoms with van der Waals surface area (Å²) < 4.78 is 38.4. The van der Waals surface area contributed by atoms with Crippen molar-refractivity contribution >= 4 is 11.6 Å². The first kappa shape index (κ1) is 14.8. The van der Waals surface area contributed by atoms with Gasteiger partial charge in [-0.2, -0.15) is 13.2 Å². The molecule has 0 radical (unpaired) electrons. The summed E-state index contributed by atoms with van der Waals surface area (Å²) in [5.41, 5.74) is -0.834. The molecule has 0 spiro atoms. The number of carbonyl (C=O) groups excluding carboxylic acids is 1. The van der Waals surface area contributed by atoms with Gasteiger partial charge >= 0.3 is 6.18 Å². The molecule has 0 saturated carbocycles. The van der Waals surface area contributed by atoms with Crippen molar-refractivity contribution in [1.29, 1.82) is 0 Å². The number of alkyl halides is 3. The first-order valence-corrected chi connectivity index (χ1v) is 5.91. The molecule has 0 saturated heterocycles. The van der Waals surface area contributed by atoms with Crippen molar-refractivity contribution in [3.05, 3.63) is 53.3 Å². The first-order valence-electron chi connectivity index (χ1n) is 5.91. The van der Waals surface area contributed by atoms with E-state index < -0.39 is 17.6 Å². The average molecular weight is 296 g/mol. The fraction of sp³-hybridized carbons (Fsp3) is 0.143. The molecule has 1 aromatic carbocycles. The van der Waals surface area contributed by atoms with Crippen LogP contribution in [0.1, 0.15) is 21.5 Å². The van der Waals surface area contributed by atoms with Crippen LogP contribution < -0.4 is 5.32 Å². The molecule has 0 aliphatic heterocycles. The molecule has 110 valence electrons. The molecule has 2 aromatic rings. The van der Waals surface area contributed by atoms with Gasteiger partial charge in [0.2, 0.25) is 0 Å². The van der Waals surface area contributed by atoms with Crippen LogP contribution in [-0.4, -0.2) is 16.0 Å². The van der Waals surface area contributed by atoms with E-state index in [4.69, 9.17) is 0 Å². The minimum absolute atomic E-state index is 0.00543. The second kappa shape index (κ2) is 5.43. The van der Waals surface area contributed by atoms with E-state index in [1.165, 1.54) is 31.3 Å². The van der Waals surface area contributed by atoms with Crippen LogP contribution in [0.2, 0.25) is 0 Å². The molecule has 0 aliphatic carbocycles. The number of benzene rings is 1. The number of rotatable bonds is 2. The Morgan fingerprint density at radius 2 is 2.00 bits per heavy atom. The summed E-state index contributed by atoms with van der Waals surface area (Å²) in [4.78, 5) is 15.5. The lowest BCUT2D eigenvalue weighted by atomic mass is 10.1. The summed E-state index contributed by atoms with van der Waals surface area (Å²) in [6.45, 7) is 1.34. The van der Waals surface area contributed by atoms with Crippen LogP contribution in [0.3, 0.4) is 0 Å². The molecule has 0 unspecified atom stereocenters. The molecular formula is C14H11F3N2O2. The van der Waals surface area contributed by atoms with Crippen molar-refractivity contribution in [3.8, 4) is 5.75 Å². The Morgan fingerprint density at radius 3 is 2.62 bits per heavy atom. The van der Waals surface area contributed by atoms with Gasteiger partial charge in [0, 0.05) is 11.9 Å². The van der Waals surface area contributed by atoms with E-state index in [-0.39, 0.29) is 22.6 Å². The number of nitrogens with one attached hydrogen (secondary N) is 1. The summed E-state index contributed by atoms with van der Waals surface area (Å²) >= 11 is 0. The second-order valence-corrected chi connectivity index (χ2v) is 4.37. The van der Waals surface area contributed by atoms with Gasteiger partial charge in [0.25, 0.3) is 5.91 Å². The Hall–Kier alpha value is -2.57. The first-order chi connectivity index (χ1) is 9.79. The zero-order valence-electron chi connectivity index (χ0n) is 10.9. The van der Waals surface area contributed by atoms with Gasteiger partial charge in [-0.05, 0) is 30.7 Å². The van der Waals surface area contributed by atoms with E-state index in [0.717, 1.165) is 12.3 Å². The summed E-state index contributed by atoms with van der Waals surface area (Å²) in [6, 6.07) is 4.75. The molecule has 2 N–H and O–H groups in total. The van der Waals surface area contributed by atoms with Gasteiger partial charge in [-0.1, -0.05) is 6.07 Å². The SMILES string of the molecule is Cc1ccc(NC(=O)c2ccncc2O)cc1C(F)(F)F. The largest absolute Gasteiger partial charge is 0.505 e. The zero-order chi connectivity index (χ0) is 15.6. The third-order valence-corrected chi connectivity index (χ3v) is 2.85. The Kier molecular flexibility index (Phi) is 3.84. The number of hydrogen-bond acceptors (Lipinski definition) is 3. The Morgan fingerprint density at radius 1 is 1.29 bits per heavy atom. The Labute approximate surface area is 118 Å². The van der Waals surface area contributed by atoms with E-state index in [1.807, 2.05) is 0 Å². The van der Waals surface area contributed by atoms with Gasteiger partial charge in [-0.3, -0.25) is 9.78 Å². The van der Waals surface area contributed by atoms with E-state index >= 15 is 0 Å². The van der Waals surface area contributed by atoms with Gasteiger partial charge in [-0.25, -0.2) is 0 Å². The molecule has 0 bridgehead atoms. The number of halogens is 3. The van der Waals surface area contributed by atoms with Crippen LogP contribution in [0.4, 0.5) is 18.9 Å². The number of amides is 1. The van der Waals surface area contributed by atoms with Gasteiger partial charge in [0.1, 0.15) is 5.75 Å². The van der Waals surface area contributed by atoms with Gasteiger partial charge < -0.3 is 10.4 Å². The average Bonchev–Trinajstić information content (AvgIpc) is 2.40. The predicted octanol–water partition coefficient (Wildman–Crippen LogP) is 3.37.